The Morgan fingerprint density at radius 3 is 2.85 bits per heavy atom. The Labute approximate surface area is 118 Å². The van der Waals surface area contributed by atoms with Gasteiger partial charge in [-0.05, 0) is 37.3 Å². The van der Waals surface area contributed by atoms with Crippen molar-refractivity contribution in [3.8, 4) is 0 Å². The van der Waals surface area contributed by atoms with Crippen LogP contribution in [0.4, 0.5) is 0 Å². The van der Waals surface area contributed by atoms with Gasteiger partial charge in [0.25, 0.3) is 0 Å². The van der Waals surface area contributed by atoms with Crippen LogP contribution in [0.5, 0.6) is 0 Å². The molecular weight excluding hydrogens is 252 g/mol. The Balaban J connectivity index is 2.24. The fraction of sp³-hybridized carbons (Fsp3) is 0.500. The van der Waals surface area contributed by atoms with E-state index < -0.39 is 5.97 Å². The maximum atomic E-state index is 11.5. The van der Waals surface area contributed by atoms with Gasteiger partial charge in [-0.15, -0.1) is 0 Å². The molecule has 2 unspecified atom stereocenters. The van der Waals surface area contributed by atoms with E-state index in [0.29, 0.717) is 17.5 Å². The first-order chi connectivity index (χ1) is 9.61. The number of carboxylic acids is 1. The fourth-order valence-electron chi connectivity index (χ4n) is 3.42. The molecule has 4 heteroatoms. The number of imidazole rings is 1. The van der Waals surface area contributed by atoms with Gasteiger partial charge in [-0.2, -0.15) is 0 Å². The normalized spacial score (nSPS) is 22.5. The van der Waals surface area contributed by atoms with Crippen LogP contribution in [0.25, 0.3) is 11.0 Å². The molecule has 1 fully saturated rings. The topological polar surface area (TPSA) is 55.1 Å². The molecule has 2 aromatic rings. The van der Waals surface area contributed by atoms with Crippen LogP contribution in [0.1, 0.15) is 55.3 Å². The number of aryl methyl sites for hydroxylation is 1. The minimum atomic E-state index is -0.870. The number of nitrogens with zero attached hydrogens (tertiary/aromatic N) is 2. The quantitative estimate of drug-likeness (QED) is 0.927. The van der Waals surface area contributed by atoms with Gasteiger partial charge >= 0.3 is 5.97 Å². The molecule has 1 aromatic heterocycles. The lowest BCUT2D eigenvalue weighted by Gasteiger charge is -2.17. The zero-order valence-corrected chi connectivity index (χ0v) is 12.0. The van der Waals surface area contributed by atoms with Crippen molar-refractivity contribution in [2.75, 3.05) is 0 Å². The molecule has 1 aliphatic carbocycles. The first-order valence-electron chi connectivity index (χ1n) is 7.35. The molecule has 2 atom stereocenters. The highest BCUT2D eigenvalue weighted by molar-refractivity contribution is 6.01. The van der Waals surface area contributed by atoms with Crippen LogP contribution in [-0.4, -0.2) is 20.6 Å². The van der Waals surface area contributed by atoms with Crippen LogP contribution in [0.15, 0.2) is 18.2 Å². The van der Waals surface area contributed by atoms with Gasteiger partial charge in [0.15, 0.2) is 0 Å². The average molecular weight is 272 g/mol. The number of para-hydroxylation sites is 1. The predicted octanol–water partition coefficient (Wildman–Crippen LogP) is 3.66. The first kappa shape index (κ1) is 13.2. The highest BCUT2D eigenvalue weighted by atomic mass is 16.4. The van der Waals surface area contributed by atoms with Gasteiger partial charge in [0.1, 0.15) is 5.82 Å². The molecule has 1 heterocycles. The van der Waals surface area contributed by atoms with Crippen LogP contribution in [0.3, 0.4) is 0 Å². The van der Waals surface area contributed by atoms with Crippen LogP contribution in [-0.2, 0) is 6.42 Å². The lowest BCUT2D eigenvalue weighted by molar-refractivity contribution is 0.0698. The van der Waals surface area contributed by atoms with Crippen LogP contribution in [0.2, 0.25) is 0 Å². The highest BCUT2D eigenvalue weighted by Crippen LogP contribution is 2.38. The van der Waals surface area contributed by atoms with Gasteiger partial charge in [-0.1, -0.05) is 19.9 Å². The van der Waals surface area contributed by atoms with Crippen LogP contribution < -0.4 is 0 Å². The third-order valence-electron chi connectivity index (χ3n) is 4.36. The Morgan fingerprint density at radius 2 is 2.25 bits per heavy atom. The van der Waals surface area contributed by atoms with Crippen molar-refractivity contribution in [3.05, 3.63) is 29.6 Å². The maximum Gasteiger partial charge on any atom is 0.337 e. The second kappa shape index (κ2) is 4.93. The second-order valence-electron chi connectivity index (χ2n) is 5.80. The molecule has 1 saturated carbocycles. The molecule has 0 radical (unpaired) electrons. The fourth-order valence-corrected chi connectivity index (χ4v) is 3.42. The van der Waals surface area contributed by atoms with Gasteiger partial charge in [0.05, 0.1) is 16.6 Å². The summed E-state index contributed by atoms with van der Waals surface area (Å²) in [6.07, 6.45) is 4.28. The summed E-state index contributed by atoms with van der Waals surface area (Å²) in [5.74, 6) is 0.845. The Kier molecular flexibility index (Phi) is 3.24. The molecule has 106 valence electrons. The summed E-state index contributed by atoms with van der Waals surface area (Å²) in [6.45, 7) is 4.35. The minimum Gasteiger partial charge on any atom is -0.478 e. The molecule has 0 amide bonds. The zero-order chi connectivity index (χ0) is 14.3. The number of hydrogen-bond donors (Lipinski definition) is 1. The lowest BCUT2D eigenvalue weighted by atomic mass is 10.1. The number of aromatic carboxylic acids is 1. The summed E-state index contributed by atoms with van der Waals surface area (Å²) in [7, 11) is 0. The number of benzene rings is 1. The standard InChI is InChI=1S/C16H20N2O2/c1-3-14-17-13-6-4-5-12(16(19)20)15(13)18(14)11-8-7-10(2)9-11/h4-6,10-11H,3,7-9H2,1-2H3,(H,19,20). The molecular formula is C16H20N2O2. The number of carboxylic acid groups (broad SMARTS) is 1. The van der Waals surface area contributed by atoms with Crippen molar-refractivity contribution >= 4 is 17.0 Å². The summed E-state index contributed by atoms with van der Waals surface area (Å²) in [5, 5.41) is 9.44. The van der Waals surface area contributed by atoms with Crippen LogP contribution >= 0.6 is 0 Å². The molecule has 20 heavy (non-hydrogen) atoms. The van der Waals surface area contributed by atoms with Crippen LogP contribution in [0, 0.1) is 5.92 Å². The number of rotatable bonds is 3. The van der Waals surface area contributed by atoms with E-state index in [-0.39, 0.29) is 0 Å². The monoisotopic (exact) mass is 272 g/mol. The number of carbonyl (C=O) groups is 1. The van der Waals surface area contributed by atoms with E-state index in [4.69, 9.17) is 0 Å². The molecule has 0 bridgehead atoms. The average Bonchev–Trinajstić information content (AvgIpc) is 3.00. The van der Waals surface area contributed by atoms with E-state index >= 15 is 0 Å². The predicted molar refractivity (Wildman–Crippen MR) is 78.1 cm³/mol. The summed E-state index contributed by atoms with van der Waals surface area (Å²) < 4.78 is 2.20. The van der Waals surface area contributed by atoms with Gasteiger partial charge in [-0.25, -0.2) is 9.78 Å². The molecule has 0 saturated heterocycles. The van der Waals surface area contributed by atoms with Crippen molar-refractivity contribution in [1.82, 2.24) is 9.55 Å². The molecule has 4 nitrogen and oxygen atoms in total. The van der Waals surface area contributed by atoms with E-state index in [1.807, 2.05) is 6.07 Å². The summed E-state index contributed by atoms with van der Waals surface area (Å²) in [4.78, 5) is 16.1. The molecule has 3 rings (SSSR count). The zero-order valence-electron chi connectivity index (χ0n) is 12.0. The largest absolute Gasteiger partial charge is 0.478 e. The molecule has 1 aromatic carbocycles. The van der Waals surface area contributed by atoms with Gasteiger partial charge in [0.2, 0.25) is 0 Å². The second-order valence-corrected chi connectivity index (χ2v) is 5.80. The molecule has 1 N–H and O–H groups in total. The van der Waals surface area contributed by atoms with E-state index in [1.165, 1.54) is 6.42 Å². The third-order valence-corrected chi connectivity index (χ3v) is 4.36. The third kappa shape index (κ3) is 1.99. The van der Waals surface area contributed by atoms with Gasteiger partial charge in [0, 0.05) is 12.5 Å². The van der Waals surface area contributed by atoms with Crippen molar-refractivity contribution in [1.29, 1.82) is 0 Å². The lowest BCUT2D eigenvalue weighted by Crippen LogP contribution is -2.11. The summed E-state index contributed by atoms with van der Waals surface area (Å²) >= 11 is 0. The summed E-state index contributed by atoms with van der Waals surface area (Å²) in [6, 6.07) is 5.77. The minimum absolute atomic E-state index is 0.370. The van der Waals surface area contributed by atoms with Crippen molar-refractivity contribution in [2.24, 2.45) is 5.92 Å². The summed E-state index contributed by atoms with van der Waals surface area (Å²) in [5.41, 5.74) is 1.98. The number of fused-ring (bicyclic) bond motifs is 1. The van der Waals surface area contributed by atoms with Crippen molar-refractivity contribution in [3.63, 3.8) is 0 Å². The van der Waals surface area contributed by atoms with E-state index in [0.717, 1.165) is 36.1 Å². The van der Waals surface area contributed by atoms with Crippen molar-refractivity contribution in [2.45, 2.75) is 45.6 Å². The Bertz CT molecular complexity index is 660. The van der Waals surface area contributed by atoms with Crippen molar-refractivity contribution < 1.29 is 9.90 Å². The Morgan fingerprint density at radius 1 is 1.45 bits per heavy atom. The van der Waals surface area contributed by atoms with E-state index in [2.05, 4.69) is 23.4 Å². The van der Waals surface area contributed by atoms with E-state index in [9.17, 15) is 9.90 Å². The number of aromatic nitrogens is 2. The number of hydrogen-bond acceptors (Lipinski definition) is 2. The smallest absolute Gasteiger partial charge is 0.337 e. The molecule has 0 aliphatic heterocycles. The Hall–Kier alpha value is -1.84. The van der Waals surface area contributed by atoms with Gasteiger partial charge < -0.3 is 9.67 Å². The maximum absolute atomic E-state index is 11.5. The highest BCUT2D eigenvalue weighted by Gasteiger charge is 2.27. The first-order valence-corrected chi connectivity index (χ1v) is 7.35. The SMILES string of the molecule is CCc1nc2cccc(C(=O)O)c2n1C1CCC(C)C1. The van der Waals surface area contributed by atoms with E-state index in [1.54, 1.807) is 12.1 Å². The van der Waals surface area contributed by atoms with Gasteiger partial charge in [-0.3, -0.25) is 0 Å². The molecule has 0 spiro atoms. The molecule has 1 aliphatic rings.